The number of ketones is 1. The van der Waals surface area contributed by atoms with Crippen molar-refractivity contribution in [2.75, 3.05) is 11.5 Å². The van der Waals surface area contributed by atoms with E-state index in [-0.39, 0.29) is 5.78 Å². The van der Waals surface area contributed by atoms with Crippen LogP contribution >= 0.6 is 0 Å². The summed E-state index contributed by atoms with van der Waals surface area (Å²) in [5, 5.41) is 0. The Hall–Kier alpha value is -2.29. The van der Waals surface area contributed by atoms with Gasteiger partial charge in [-0.1, -0.05) is 38.1 Å². The van der Waals surface area contributed by atoms with Gasteiger partial charge in [-0.2, -0.15) is 0 Å². The summed E-state index contributed by atoms with van der Waals surface area (Å²) in [6.07, 6.45) is 0. The fourth-order valence-electron chi connectivity index (χ4n) is 1.96. The molecular weight excluding hydrogens is 236 g/mol. The molecule has 0 saturated heterocycles. The lowest BCUT2D eigenvalue weighted by Crippen LogP contribution is -2.06. The summed E-state index contributed by atoms with van der Waals surface area (Å²) in [5.41, 5.74) is 14.8. The second-order valence-corrected chi connectivity index (χ2v) is 4.95. The molecule has 2 aromatic carbocycles. The second kappa shape index (κ2) is 5.14. The van der Waals surface area contributed by atoms with Crippen LogP contribution in [0.3, 0.4) is 0 Å². The zero-order chi connectivity index (χ0) is 14.0. The third kappa shape index (κ3) is 2.76. The van der Waals surface area contributed by atoms with Crippen LogP contribution in [-0.4, -0.2) is 5.78 Å². The Kier molecular flexibility index (Phi) is 3.56. The Morgan fingerprint density at radius 3 is 2.16 bits per heavy atom. The Morgan fingerprint density at radius 2 is 1.63 bits per heavy atom. The summed E-state index contributed by atoms with van der Waals surface area (Å²) in [6, 6.07) is 12.6. The van der Waals surface area contributed by atoms with Crippen molar-refractivity contribution in [1.29, 1.82) is 0 Å². The van der Waals surface area contributed by atoms with Gasteiger partial charge in [0, 0.05) is 22.5 Å². The van der Waals surface area contributed by atoms with E-state index in [0.29, 0.717) is 28.4 Å². The molecule has 0 aliphatic rings. The van der Waals surface area contributed by atoms with E-state index < -0.39 is 0 Å². The van der Waals surface area contributed by atoms with E-state index in [9.17, 15) is 4.79 Å². The van der Waals surface area contributed by atoms with Crippen LogP contribution in [0.2, 0.25) is 0 Å². The van der Waals surface area contributed by atoms with Crippen LogP contribution in [0.25, 0.3) is 0 Å². The van der Waals surface area contributed by atoms with Crippen molar-refractivity contribution in [3.63, 3.8) is 0 Å². The first-order valence-electron chi connectivity index (χ1n) is 6.28. The van der Waals surface area contributed by atoms with Crippen LogP contribution in [0.15, 0.2) is 42.5 Å². The normalized spacial score (nSPS) is 10.7. The van der Waals surface area contributed by atoms with Gasteiger partial charge in [0.05, 0.1) is 0 Å². The highest BCUT2D eigenvalue weighted by Gasteiger charge is 2.12. The number of nitrogens with two attached hydrogens (primary N) is 2. The molecule has 2 aromatic rings. The smallest absolute Gasteiger partial charge is 0.195 e. The van der Waals surface area contributed by atoms with Gasteiger partial charge in [0.1, 0.15) is 0 Å². The summed E-state index contributed by atoms with van der Waals surface area (Å²) in [6.45, 7) is 4.24. The van der Waals surface area contributed by atoms with Crippen molar-refractivity contribution >= 4 is 17.2 Å². The van der Waals surface area contributed by atoms with E-state index in [0.717, 1.165) is 0 Å². The number of benzene rings is 2. The fourth-order valence-corrected chi connectivity index (χ4v) is 1.96. The van der Waals surface area contributed by atoms with Gasteiger partial charge in [0.2, 0.25) is 0 Å². The maximum absolute atomic E-state index is 12.3. The van der Waals surface area contributed by atoms with E-state index in [1.54, 1.807) is 18.2 Å². The van der Waals surface area contributed by atoms with Crippen molar-refractivity contribution in [1.82, 2.24) is 0 Å². The quantitative estimate of drug-likeness (QED) is 0.652. The molecule has 0 aromatic heterocycles. The first kappa shape index (κ1) is 13.1. The number of hydrogen-bond donors (Lipinski definition) is 2. The molecule has 98 valence electrons. The van der Waals surface area contributed by atoms with Crippen LogP contribution in [0, 0.1) is 0 Å². The summed E-state index contributed by atoms with van der Waals surface area (Å²) in [7, 11) is 0. The largest absolute Gasteiger partial charge is 0.399 e. The van der Waals surface area contributed by atoms with E-state index in [4.69, 9.17) is 11.5 Å². The van der Waals surface area contributed by atoms with Gasteiger partial charge >= 0.3 is 0 Å². The van der Waals surface area contributed by atoms with Crippen molar-refractivity contribution < 1.29 is 4.79 Å². The van der Waals surface area contributed by atoms with E-state index in [2.05, 4.69) is 13.8 Å². The third-order valence-corrected chi connectivity index (χ3v) is 3.16. The van der Waals surface area contributed by atoms with E-state index in [1.165, 1.54) is 5.56 Å². The van der Waals surface area contributed by atoms with Crippen molar-refractivity contribution in [2.45, 2.75) is 19.8 Å². The zero-order valence-electron chi connectivity index (χ0n) is 11.2. The molecule has 0 bridgehead atoms. The predicted octanol–water partition coefficient (Wildman–Crippen LogP) is 3.21. The van der Waals surface area contributed by atoms with Gasteiger partial charge < -0.3 is 11.5 Å². The maximum atomic E-state index is 12.3. The molecule has 4 N–H and O–H groups in total. The van der Waals surface area contributed by atoms with Crippen LogP contribution in [0.5, 0.6) is 0 Å². The third-order valence-electron chi connectivity index (χ3n) is 3.16. The zero-order valence-corrected chi connectivity index (χ0v) is 11.2. The first-order chi connectivity index (χ1) is 8.99. The standard InChI is InChI=1S/C16H18N2O/c1-10(2)11-3-5-12(6-4-11)16(19)14-8-7-13(17)9-15(14)18/h3-10H,17-18H2,1-2H3. The fraction of sp³-hybridized carbons (Fsp3) is 0.188. The number of carbonyl (C=O) groups is 1. The molecule has 0 radical (unpaired) electrons. The number of carbonyl (C=O) groups excluding carboxylic acids is 1. The minimum Gasteiger partial charge on any atom is -0.399 e. The minimum atomic E-state index is -0.0761. The van der Waals surface area contributed by atoms with Gasteiger partial charge in [-0.3, -0.25) is 4.79 Å². The van der Waals surface area contributed by atoms with Crippen LogP contribution in [-0.2, 0) is 0 Å². The molecule has 2 rings (SSSR count). The monoisotopic (exact) mass is 254 g/mol. The van der Waals surface area contributed by atoms with Crippen molar-refractivity contribution in [2.24, 2.45) is 0 Å². The molecule has 19 heavy (non-hydrogen) atoms. The molecule has 0 unspecified atom stereocenters. The van der Waals surface area contributed by atoms with E-state index >= 15 is 0 Å². The molecule has 0 saturated carbocycles. The summed E-state index contributed by atoms with van der Waals surface area (Å²) in [5.74, 6) is 0.374. The summed E-state index contributed by atoms with van der Waals surface area (Å²) >= 11 is 0. The molecule has 0 aliphatic carbocycles. The molecule has 0 amide bonds. The van der Waals surface area contributed by atoms with Crippen LogP contribution < -0.4 is 11.5 Å². The predicted molar refractivity (Wildman–Crippen MR) is 79.2 cm³/mol. The molecule has 3 nitrogen and oxygen atoms in total. The van der Waals surface area contributed by atoms with Gasteiger partial charge in [-0.15, -0.1) is 0 Å². The number of hydrogen-bond acceptors (Lipinski definition) is 3. The average molecular weight is 254 g/mol. The lowest BCUT2D eigenvalue weighted by Gasteiger charge is -2.08. The van der Waals surface area contributed by atoms with Gasteiger partial charge in [0.15, 0.2) is 5.78 Å². The first-order valence-corrected chi connectivity index (χ1v) is 6.28. The van der Waals surface area contributed by atoms with Gasteiger partial charge in [-0.25, -0.2) is 0 Å². The van der Waals surface area contributed by atoms with Crippen molar-refractivity contribution in [3.8, 4) is 0 Å². The Morgan fingerprint density at radius 1 is 1.00 bits per heavy atom. The second-order valence-electron chi connectivity index (χ2n) is 4.95. The molecule has 3 heteroatoms. The summed E-state index contributed by atoms with van der Waals surface area (Å²) < 4.78 is 0. The molecule has 0 heterocycles. The van der Waals surface area contributed by atoms with Crippen molar-refractivity contribution in [3.05, 3.63) is 59.2 Å². The Labute approximate surface area is 113 Å². The van der Waals surface area contributed by atoms with Gasteiger partial charge in [0.25, 0.3) is 0 Å². The lowest BCUT2D eigenvalue weighted by atomic mass is 9.97. The maximum Gasteiger partial charge on any atom is 0.195 e. The minimum absolute atomic E-state index is 0.0761. The molecule has 0 fully saturated rings. The summed E-state index contributed by atoms with van der Waals surface area (Å²) in [4.78, 5) is 12.3. The highest BCUT2D eigenvalue weighted by atomic mass is 16.1. The topological polar surface area (TPSA) is 69.1 Å². The SMILES string of the molecule is CC(C)c1ccc(C(=O)c2ccc(N)cc2N)cc1. The molecular formula is C16H18N2O. The molecule has 0 atom stereocenters. The lowest BCUT2D eigenvalue weighted by molar-refractivity contribution is 0.103. The van der Waals surface area contributed by atoms with Crippen LogP contribution in [0.4, 0.5) is 11.4 Å². The number of rotatable bonds is 3. The average Bonchev–Trinajstić information content (AvgIpc) is 2.38. The van der Waals surface area contributed by atoms with Gasteiger partial charge in [-0.05, 0) is 29.7 Å². The highest BCUT2D eigenvalue weighted by molar-refractivity contribution is 6.12. The molecule has 0 spiro atoms. The van der Waals surface area contributed by atoms with E-state index in [1.807, 2.05) is 24.3 Å². The highest BCUT2D eigenvalue weighted by Crippen LogP contribution is 2.21. The number of nitrogen functional groups attached to an aromatic ring is 2. The number of anilines is 2. The van der Waals surface area contributed by atoms with Crippen LogP contribution in [0.1, 0.15) is 41.3 Å². The Balaban J connectivity index is 2.33. The Bertz CT molecular complexity index is 601. The molecule has 0 aliphatic heterocycles.